The molecule has 2 rings (SSSR count). The Bertz CT molecular complexity index is 678. The third kappa shape index (κ3) is 3.70. The van der Waals surface area contributed by atoms with Crippen molar-refractivity contribution in [3.8, 4) is 11.5 Å². The van der Waals surface area contributed by atoms with Crippen molar-refractivity contribution in [3.63, 3.8) is 0 Å². The van der Waals surface area contributed by atoms with Crippen LogP contribution in [-0.2, 0) is 19.1 Å². The Morgan fingerprint density at radius 1 is 1.29 bits per heavy atom. The molecule has 2 N–H and O–H groups in total. The number of hydrogen-bond acceptors (Lipinski definition) is 6. The first-order valence-corrected chi connectivity index (χ1v) is 7.42. The maximum Gasteiger partial charge on any atom is 0.311 e. The first-order chi connectivity index (χ1) is 11.4. The van der Waals surface area contributed by atoms with Crippen LogP contribution in [0.4, 0.5) is 5.69 Å². The number of rotatable bonds is 6. The largest absolute Gasteiger partial charge is 0.495 e. The molecular formula is C15H17ClN2O6. The lowest BCUT2D eigenvalue weighted by molar-refractivity contribution is -0.151. The average Bonchev–Trinajstić information content (AvgIpc) is 2.94. The number of hydrogen-bond donors (Lipinski definition) is 1. The highest BCUT2D eigenvalue weighted by molar-refractivity contribution is 6.32. The smallest absolute Gasteiger partial charge is 0.311 e. The van der Waals surface area contributed by atoms with Crippen LogP contribution >= 0.6 is 11.6 Å². The molecule has 2 amide bonds. The number of halogens is 1. The SMILES string of the molecule is COc1cc(OC)c(N2C[C@@H](C(=O)OCC(N)=O)CC2=O)cc1Cl. The molecule has 1 atom stereocenters. The van der Waals surface area contributed by atoms with E-state index in [2.05, 4.69) is 0 Å². The maximum atomic E-state index is 12.3. The van der Waals surface area contributed by atoms with Gasteiger partial charge in [-0.25, -0.2) is 0 Å². The van der Waals surface area contributed by atoms with Crippen molar-refractivity contribution in [2.75, 3.05) is 32.3 Å². The van der Waals surface area contributed by atoms with Crippen molar-refractivity contribution >= 4 is 35.1 Å². The second kappa shape index (κ2) is 7.39. The van der Waals surface area contributed by atoms with Gasteiger partial charge in [0.05, 0.1) is 30.8 Å². The van der Waals surface area contributed by atoms with E-state index in [9.17, 15) is 14.4 Å². The van der Waals surface area contributed by atoms with Gasteiger partial charge in [0.2, 0.25) is 5.91 Å². The number of nitrogens with two attached hydrogens (primary N) is 1. The maximum absolute atomic E-state index is 12.3. The van der Waals surface area contributed by atoms with Gasteiger partial charge >= 0.3 is 5.97 Å². The van der Waals surface area contributed by atoms with Crippen LogP contribution in [0, 0.1) is 5.92 Å². The van der Waals surface area contributed by atoms with Crippen molar-refractivity contribution in [2.24, 2.45) is 11.7 Å². The van der Waals surface area contributed by atoms with Crippen LogP contribution in [0.2, 0.25) is 5.02 Å². The van der Waals surface area contributed by atoms with E-state index in [4.69, 9.17) is 31.5 Å². The topological polar surface area (TPSA) is 108 Å². The zero-order chi connectivity index (χ0) is 17.9. The summed E-state index contributed by atoms with van der Waals surface area (Å²) >= 11 is 6.11. The molecule has 0 bridgehead atoms. The summed E-state index contributed by atoms with van der Waals surface area (Å²) in [6, 6.07) is 3.10. The highest BCUT2D eigenvalue weighted by Crippen LogP contribution is 2.40. The minimum atomic E-state index is -0.756. The molecule has 0 radical (unpaired) electrons. The fourth-order valence-corrected chi connectivity index (χ4v) is 2.65. The molecule has 1 aromatic carbocycles. The summed E-state index contributed by atoms with van der Waals surface area (Å²) in [6.07, 6.45) is -0.0373. The summed E-state index contributed by atoms with van der Waals surface area (Å²) in [5.74, 6) is -1.59. The van der Waals surface area contributed by atoms with Crippen LogP contribution in [0.25, 0.3) is 0 Å². The van der Waals surface area contributed by atoms with Crippen LogP contribution in [0.1, 0.15) is 6.42 Å². The van der Waals surface area contributed by atoms with Crippen molar-refractivity contribution in [1.82, 2.24) is 0 Å². The molecule has 0 aliphatic carbocycles. The van der Waals surface area contributed by atoms with Crippen LogP contribution < -0.4 is 20.1 Å². The van der Waals surface area contributed by atoms with E-state index in [1.807, 2.05) is 0 Å². The van der Waals surface area contributed by atoms with E-state index in [0.29, 0.717) is 22.2 Å². The van der Waals surface area contributed by atoms with Gasteiger partial charge in [-0.3, -0.25) is 14.4 Å². The van der Waals surface area contributed by atoms with Gasteiger partial charge in [-0.05, 0) is 6.07 Å². The molecule has 8 nitrogen and oxygen atoms in total. The molecule has 130 valence electrons. The summed E-state index contributed by atoms with van der Waals surface area (Å²) in [4.78, 5) is 36.2. The van der Waals surface area contributed by atoms with Gasteiger partial charge in [0.1, 0.15) is 11.5 Å². The van der Waals surface area contributed by atoms with Crippen LogP contribution in [0.15, 0.2) is 12.1 Å². The molecule has 1 fully saturated rings. The number of carbonyl (C=O) groups excluding carboxylic acids is 3. The van der Waals surface area contributed by atoms with E-state index in [1.54, 1.807) is 6.07 Å². The van der Waals surface area contributed by atoms with Crippen molar-refractivity contribution in [1.29, 1.82) is 0 Å². The number of nitrogens with zero attached hydrogens (tertiary/aromatic N) is 1. The third-order valence-electron chi connectivity index (χ3n) is 3.56. The van der Waals surface area contributed by atoms with Gasteiger partial charge in [-0.15, -0.1) is 0 Å². The predicted octanol–water partition coefficient (Wildman–Crippen LogP) is 0.739. The Labute approximate surface area is 143 Å². The lowest BCUT2D eigenvalue weighted by atomic mass is 10.1. The molecule has 24 heavy (non-hydrogen) atoms. The fourth-order valence-electron chi connectivity index (χ4n) is 2.41. The van der Waals surface area contributed by atoms with Crippen LogP contribution in [-0.4, -0.2) is 45.2 Å². The van der Waals surface area contributed by atoms with Gasteiger partial charge in [0.25, 0.3) is 5.91 Å². The van der Waals surface area contributed by atoms with Crippen LogP contribution in [0.3, 0.4) is 0 Å². The molecule has 1 saturated heterocycles. The predicted molar refractivity (Wildman–Crippen MR) is 85.2 cm³/mol. The molecular weight excluding hydrogens is 340 g/mol. The summed E-state index contributed by atoms with van der Waals surface area (Å²) in [5, 5.41) is 0.306. The first-order valence-electron chi connectivity index (χ1n) is 7.04. The number of anilines is 1. The normalized spacial score (nSPS) is 16.9. The summed E-state index contributed by atoms with van der Waals surface area (Å²) in [5.41, 5.74) is 5.36. The Hall–Kier alpha value is -2.48. The quantitative estimate of drug-likeness (QED) is 0.753. The number of carbonyl (C=O) groups is 3. The lowest BCUT2D eigenvalue weighted by Gasteiger charge is -2.20. The van der Waals surface area contributed by atoms with Gasteiger partial charge in [0.15, 0.2) is 6.61 Å². The number of ether oxygens (including phenoxy) is 3. The van der Waals surface area contributed by atoms with E-state index in [0.717, 1.165) is 0 Å². The van der Waals surface area contributed by atoms with Crippen molar-refractivity contribution in [2.45, 2.75) is 6.42 Å². The number of methoxy groups -OCH3 is 2. The van der Waals surface area contributed by atoms with E-state index in [1.165, 1.54) is 25.2 Å². The number of amides is 2. The molecule has 0 aromatic heterocycles. The third-order valence-corrected chi connectivity index (χ3v) is 3.85. The number of primary amides is 1. The van der Waals surface area contributed by atoms with E-state index >= 15 is 0 Å². The van der Waals surface area contributed by atoms with Crippen LogP contribution in [0.5, 0.6) is 11.5 Å². The Morgan fingerprint density at radius 2 is 1.96 bits per heavy atom. The lowest BCUT2D eigenvalue weighted by Crippen LogP contribution is -2.28. The Balaban J connectivity index is 2.21. The number of benzene rings is 1. The Kier molecular flexibility index (Phi) is 5.50. The molecule has 1 aliphatic heterocycles. The fraction of sp³-hybridized carbons (Fsp3) is 0.400. The van der Waals surface area contributed by atoms with Gasteiger partial charge in [-0.1, -0.05) is 11.6 Å². The minimum absolute atomic E-state index is 0.0373. The highest BCUT2D eigenvalue weighted by Gasteiger charge is 2.37. The first kappa shape index (κ1) is 17.9. The van der Waals surface area contributed by atoms with Crippen molar-refractivity contribution in [3.05, 3.63) is 17.2 Å². The molecule has 0 saturated carbocycles. The second-order valence-electron chi connectivity index (χ2n) is 5.14. The zero-order valence-electron chi connectivity index (χ0n) is 13.2. The van der Waals surface area contributed by atoms with E-state index in [-0.39, 0.29) is 18.9 Å². The molecule has 0 unspecified atom stereocenters. The molecule has 1 heterocycles. The average molecular weight is 357 g/mol. The summed E-state index contributed by atoms with van der Waals surface area (Å²) < 4.78 is 15.1. The second-order valence-corrected chi connectivity index (χ2v) is 5.55. The van der Waals surface area contributed by atoms with Gasteiger partial charge in [0, 0.05) is 19.0 Å². The standard InChI is InChI=1S/C15H17ClN2O6/c1-22-11-5-12(23-2)10(4-9(11)16)18-6-8(3-14(18)20)15(21)24-7-13(17)19/h4-5,8H,3,6-7H2,1-2H3,(H2,17,19)/t8-/m0/s1. The highest BCUT2D eigenvalue weighted by atomic mass is 35.5. The molecule has 0 spiro atoms. The molecule has 9 heteroatoms. The van der Waals surface area contributed by atoms with Gasteiger partial charge in [-0.2, -0.15) is 0 Å². The molecule has 1 aliphatic rings. The minimum Gasteiger partial charge on any atom is -0.495 e. The Morgan fingerprint density at radius 3 is 2.54 bits per heavy atom. The van der Waals surface area contributed by atoms with Gasteiger partial charge < -0.3 is 24.8 Å². The number of esters is 1. The molecule has 1 aromatic rings. The summed E-state index contributed by atoms with van der Waals surface area (Å²) in [6.45, 7) is -0.420. The summed E-state index contributed by atoms with van der Waals surface area (Å²) in [7, 11) is 2.91. The van der Waals surface area contributed by atoms with Crippen molar-refractivity contribution < 1.29 is 28.6 Å². The van der Waals surface area contributed by atoms with E-state index < -0.39 is 24.4 Å². The zero-order valence-corrected chi connectivity index (χ0v) is 14.0. The monoisotopic (exact) mass is 356 g/mol.